The molecule has 2 saturated heterocycles. The zero-order valence-electron chi connectivity index (χ0n) is 22.4. The van der Waals surface area contributed by atoms with Crippen molar-refractivity contribution >= 4 is 27.2 Å². The van der Waals surface area contributed by atoms with Gasteiger partial charge < -0.3 is 15.7 Å². The number of aliphatic hydroxyl groups excluding tert-OH is 1. The molecule has 2 fully saturated rings. The first-order valence-electron chi connectivity index (χ1n) is 13.3. The Morgan fingerprint density at radius 2 is 1.71 bits per heavy atom. The lowest BCUT2D eigenvalue weighted by Crippen LogP contribution is -2.53. The average Bonchev–Trinajstić information content (AvgIpc) is 3.49. The highest BCUT2D eigenvalue weighted by Gasteiger charge is 2.52. The molecule has 10 nitrogen and oxygen atoms in total. The van der Waals surface area contributed by atoms with Crippen LogP contribution in [0.25, 0.3) is 28.0 Å². The van der Waals surface area contributed by atoms with Crippen molar-refractivity contribution in [3.8, 4) is 22.4 Å². The van der Waals surface area contributed by atoms with Gasteiger partial charge in [-0.05, 0) is 31.7 Å². The fourth-order valence-corrected chi connectivity index (χ4v) is 7.31. The summed E-state index contributed by atoms with van der Waals surface area (Å²) in [6.45, 7) is 0. The van der Waals surface area contributed by atoms with Crippen molar-refractivity contribution in [1.82, 2.24) is 24.5 Å². The standard InChI is InChI=1S/C28H27F3N6O4S/c1-42(40,41)23-22(17-11-18-8-9-19(12-17)36(18)27(39)24(38)28(29,30)31)35-26-20(14-34-37(26)25(23)32)16-7-10-21(33-13-16)15-5-3-2-4-6-15/h2-7,10,13-14,17-19,24,38H,8-9,11-12,32H2,1H3/t17-,18-,19?,24?/m0/s1. The Bertz CT molecular complexity index is 1760. The number of nitrogens with zero attached hydrogens (tertiary/aromatic N) is 5. The molecule has 2 aliphatic heterocycles. The van der Waals surface area contributed by atoms with Crippen LogP contribution in [0.15, 0.2) is 59.8 Å². The molecule has 2 aliphatic rings. The number of sulfone groups is 1. The van der Waals surface area contributed by atoms with Crippen LogP contribution in [0, 0.1) is 0 Å². The smallest absolute Gasteiger partial charge is 0.382 e. The van der Waals surface area contributed by atoms with Gasteiger partial charge in [-0.3, -0.25) is 9.78 Å². The van der Waals surface area contributed by atoms with E-state index in [2.05, 4.69) is 10.1 Å². The fourth-order valence-electron chi connectivity index (χ4n) is 6.25. The molecule has 2 unspecified atom stereocenters. The Morgan fingerprint density at radius 1 is 1.05 bits per heavy atom. The summed E-state index contributed by atoms with van der Waals surface area (Å²) in [5.41, 5.74) is 9.84. The van der Waals surface area contributed by atoms with Gasteiger partial charge in [0, 0.05) is 47.1 Å². The van der Waals surface area contributed by atoms with E-state index in [9.17, 15) is 31.5 Å². The SMILES string of the molecule is CS(=O)(=O)c1c([C@@H]2CC3CC[C@@H](C2)N3C(=O)C(O)C(F)(F)F)nc2c(-c3ccc(-c4ccccc4)nc3)cnn2c1N. The Hall–Kier alpha value is -4.04. The van der Waals surface area contributed by atoms with Gasteiger partial charge in [-0.15, -0.1) is 0 Å². The van der Waals surface area contributed by atoms with E-state index in [4.69, 9.17) is 10.7 Å². The number of pyridine rings is 1. The van der Waals surface area contributed by atoms with Crippen LogP contribution in [-0.2, 0) is 14.6 Å². The average molecular weight is 601 g/mol. The molecular formula is C28H27F3N6O4S. The number of benzene rings is 1. The molecule has 2 bridgehead atoms. The van der Waals surface area contributed by atoms with Crippen molar-refractivity contribution in [1.29, 1.82) is 0 Å². The number of aliphatic hydroxyl groups is 1. The number of rotatable bonds is 5. The normalized spacial score (nSPS) is 21.5. The summed E-state index contributed by atoms with van der Waals surface area (Å²) in [6, 6.07) is 12.1. The van der Waals surface area contributed by atoms with Gasteiger partial charge in [0.05, 0.1) is 17.6 Å². The number of nitrogen functional groups attached to an aromatic ring is 1. The minimum Gasteiger partial charge on any atom is -0.382 e. The van der Waals surface area contributed by atoms with Gasteiger partial charge in [-0.1, -0.05) is 36.4 Å². The Morgan fingerprint density at radius 3 is 2.29 bits per heavy atom. The van der Waals surface area contributed by atoms with Crippen LogP contribution in [0.2, 0.25) is 0 Å². The number of hydrogen-bond donors (Lipinski definition) is 2. The predicted molar refractivity (Wildman–Crippen MR) is 147 cm³/mol. The number of alkyl halides is 3. The van der Waals surface area contributed by atoms with Crippen molar-refractivity contribution in [3.05, 3.63) is 60.6 Å². The number of aromatic nitrogens is 4. The molecule has 4 aromatic rings. The van der Waals surface area contributed by atoms with Crippen LogP contribution in [-0.4, -0.2) is 74.5 Å². The second-order valence-electron chi connectivity index (χ2n) is 10.8. The van der Waals surface area contributed by atoms with E-state index >= 15 is 0 Å². The van der Waals surface area contributed by atoms with E-state index in [1.807, 2.05) is 42.5 Å². The van der Waals surface area contributed by atoms with Gasteiger partial charge in [0.1, 0.15) is 10.7 Å². The highest BCUT2D eigenvalue weighted by Crippen LogP contribution is 2.46. The lowest BCUT2D eigenvalue weighted by molar-refractivity contribution is -0.212. The fraction of sp³-hybridized carbons (Fsp3) is 0.357. The molecule has 220 valence electrons. The highest BCUT2D eigenvalue weighted by atomic mass is 32.2. The summed E-state index contributed by atoms with van der Waals surface area (Å²) in [5, 5.41) is 13.9. The molecule has 3 N–H and O–H groups in total. The largest absolute Gasteiger partial charge is 0.423 e. The molecule has 1 aromatic carbocycles. The lowest BCUT2D eigenvalue weighted by Gasteiger charge is -2.40. The molecule has 0 radical (unpaired) electrons. The van der Waals surface area contributed by atoms with Crippen molar-refractivity contribution < 1.29 is 31.5 Å². The van der Waals surface area contributed by atoms with Gasteiger partial charge in [0.2, 0.25) is 6.10 Å². The van der Waals surface area contributed by atoms with Crippen molar-refractivity contribution in [2.24, 2.45) is 0 Å². The molecule has 3 aromatic heterocycles. The minimum atomic E-state index is -5.08. The number of nitrogens with two attached hydrogens (primary N) is 1. The van der Waals surface area contributed by atoms with Crippen molar-refractivity contribution in [3.63, 3.8) is 0 Å². The number of hydrogen-bond acceptors (Lipinski definition) is 8. The molecule has 0 spiro atoms. The first-order chi connectivity index (χ1) is 19.8. The van der Waals surface area contributed by atoms with E-state index in [1.165, 1.54) is 10.7 Å². The third-order valence-corrected chi connectivity index (χ3v) is 9.26. The second kappa shape index (κ2) is 10.1. The van der Waals surface area contributed by atoms with Crippen LogP contribution in [0.3, 0.4) is 0 Å². The number of amides is 1. The summed E-state index contributed by atoms with van der Waals surface area (Å²) in [5.74, 6) is -2.02. The van der Waals surface area contributed by atoms with Gasteiger partial charge in [-0.2, -0.15) is 22.8 Å². The topological polar surface area (TPSA) is 144 Å². The number of piperidine rings is 1. The van der Waals surface area contributed by atoms with Crippen LogP contribution in [0.1, 0.15) is 37.3 Å². The van der Waals surface area contributed by atoms with Gasteiger partial charge >= 0.3 is 6.18 Å². The van der Waals surface area contributed by atoms with Crippen molar-refractivity contribution in [2.75, 3.05) is 12.0 Å². The van der Waals surface area contributed by atoms with Gasteiger partial charge in [0.15, 0.2) is 15.5 Å². The van der Waals surface area contributed by atoms with Crippen LogP contribution >= 0.6 is 0 Å². The molecule has 0 saturated carbocycles. The first-order valence-corrected chi connectivity index (χ1v) is 15.2. The molecule has 42 heavy (non-hydrogen) atoms. The maximum atomic E-state index is 13.1. The number of anilines is 1. The third kappa shape index (κ3) is 4.77. The maximum absolute atomic E-state index is 13.1. The van der Waals surface area contributed by atoms with E-state index in [0.29, 0.717) is 29.6 Å². The molecule has 6 rings (SSSR count). The molecule has 14 heteroatoms. The van der Waals surface area contributed by atoms with Gasteiger partial charge in [0.25, 0.3) is 5.91 Å². The van der Waals surface area contributed by atoms with Crippen LogP contribution < -0.4 is 5.73 Å². The molecule has 0 aliphatic carbocycles. The predicted octanol–water partition coefficient (Wildman–Crippen LogP) is 3.60. The molecular weight excluding hydrogens is 573 g/mol. The number of carbonyl (C=O) groups excluding carboxylic acids is 1. The molecule has 5 heterocycles. The van der Waals surface area contributed by atoms with Crippen LogP contribution in [0.5, 0.6) is 0 Å². The van der Waals surface area contributed by atoms with E-state index in [-0.39, 0.29) is 29.2 Å². The third-order valence-electron chi connectivity index (χ3n) is 8.10. The van der Waals surface area contributed by atoms with E-state index < -0.39 is 46.0 Å². The quantitative estimate of drug-likeness (QED) is 0.354. The van der Waals surface area contributed by atoms with Crippen molar-refractivity contribution in [2.45, 2.75) is 60.9 Å². The number of carbonyl (C=O) groups is 1. The Labute approximate surface area is 238 Å². The van der Waals surface area contributed by atoms with Gasteiger partial charge in [-0.25, -0.2) is 13.4 Å². The summed E-state index contributed by atoms with van der Waals surface area (Å²) >= 11 is 0. The summed E-state index contributed by atoms with van der Waals surface area (Å²) < 4.78 is 66.5. The molecule has 1 amide bonds. The summed E-state index contributed by atoms with van der Waals surface area (Å²) in [4.78, 5) is 22.8. The van der Waals surface area contributed by atoms with E-state index in [0.717, 1.165) is 22.4 Å². The number of fused-ring (bicyclic) bond motifs is 3. The lowest BCUT2D eigenvalue weighted by atomic mass is 9.87. The minimum absolute atomic E-state index is 0.129. The zero-order valence-corrected chi connectivity index (χ0v) is 23.2. The molecule has 4 atom stereocenters. The Balaban J connectivity index is 1.39. The first kappa shape index (κ1) is 28.1. The monoisotopic (exact) mass is 600 g/mol. The van der Waals surface area contributed by atoms with E-state index in [1.54, 1.807) is 6.20 Å². The highest BCUT2D eigenvalue weighted by molar-refractivity contribution is 7.91. The second-order valence-corrected chi connectivity index (χ2v) is 12.8. The van der Waals surface area contributed by atoms with Crippen LogP contribution in [0.4, 0.5) is 19.0 Å². The number of halogens is 3. The Kier molecular flexibility index (Phi) is 6.72. The summed E-state index contributed by atoms with van der Waals surface area (Å²) in [6.07, 6.45) is -2.77. The maximum Gasteiger partial charge on any atom is 0.423 e. The zero-order chi connectivity index (χ0) is 30.0. The summed E-state index contributed by atoms with van der Waals surface area (Å²) in [7, 11) is -3.90.